The standard InChI is InChI=1S/C9H15NO2/c10-6-3-1-5-2-4-7(11)8(5)9(6)12/h5-6,8-9,12H,1-4,10H2. The molecule has 0 aromatic rings. The van der Waals surface area contributed by atoms with Crippen LogP contribution in [0.25, 0.3) is 0 Å². The summed E-state index contributed by atoms with van der Waals surface area (Å²) in [6.45, 7) is 0. The molecule has 0 spiro atoms. The van der Waals surface area contributed by atoms with Gasteiger partial charge in [-0.05, 0) is 25.2 Å². The highest BCUT2D eigenvalue weighted by molar-refractivity contribution is 5.84. The normalized spacial score (nSPS) is 47.7. The van der Waals surface area contributed by atoms with Gasteiger partial charge in [-0.1, -0.05) is 0 Å². The third-order valence-corrected chi connectivity index (χ3v) is 3.32. The van der Waals surface area contributed by atoms with Crippen molar-refractivity contribution in [3.63, 3.8) is 0 Å². The SMILES string of the molecule is NC1CCC2CCC(=O)C2C1O. The fourth-order valence-electron chi connectivity index (χ4n) is 2.57. The van der Waals surface area contributed by atoms with E-state index in [9.17, 15) is 9.90 Å². The lowest BCUT2D eigenvalue weighted by atomic mass is 9.77. The molecule has 3 nitrogen and oxygen atoms in total. The second-order valence-electron chi connectivity index (χ2n) is 4.02. The van der Waals surface area contributed by atoms with Gasteiger partial charge in [0.2, 0.25) is 0 Å². The van der Waals surface area contributed by atoms with Crippen molar-refractivity contribution >= 4 is 5.78 Å². The molecule has 0 heterocycles. The molecule has 2 aliphatic rings. The van der Waals surface area contributed by atoms with Crippen LogP contribution in [0.4, 0.5) is 0 Å². The third kappa shape index (κ3) is 1.08. The van der Waals surface area contributed by atoms with Crippen LogP contribution in [0.2, 0.25) is 0 Å². The Labute approximate surface area is 71.9 Å². The molecule has 0 bridgehead atoms. The summed E-state index contributed by atoms with van der Waals surface area (Å²) in [5, 5.41) is 9.67. The molecule has 0 radical (unpaired) electrons. The van der Waals surface area contributed by atoms with Crippen molar-refractivity contribution in [1.82, 2.24) is 0 Å². The number of fused-ring (bicyclic) bond motifs is 1. The Balaban J connectivity index is 2.16. The van der Waals surface area contributed by atoms with Gasteiger partial charge in [-0.15, -0.1) is 0 Å². The second kappa shape index (κ2) is 2.82. The second-order valence-corrected chi connectivity index (χ2v) is 4.02. The zero-order chi connectivity index (χ0) is 8.72. The minimum atomic E-state index is -0.571. The lowest BCUT2D eigenvalue weighted by Gasteiger charge is -2.33. The lowest BCUT2D eigenvalue weighted by molar-refractivity contribution is -0.126. The van der Waals surface area contributed by atoms with E-state index in [0.29, 0.717) is 12.3 Å². The summed E-state index contributed by atoms with van der Waals surface area (Å²) in [6, 6.07) is -0.173. The molecule has 3 heteroatoms. The van der Waals surface area contributed by atoms with Gasteiger partial charge in [-0.2, -0.15) is 0 Å². The molecule has 2 saturated carbocycles. The zero-order valence-corrected chi connectivity index (χ0v) is 7.07. The Morgan fingerprint density at radius 2 is 2.08 bits per heavy atom. The zero-order valence-electron chi connectivity index (χ0n) is 7.07. The minimum absolute atomic E-state index is 0.131. The number of hydrogen-bond acceptors (Lipinski definition) is 3. The van der Waals surface area contributed by atoms with Gasteiger partial charge in [0, 0.05) is 18.4 Å². The maximum atomic E-state index is 11.3. The predicted molar refractivity (Wildman–Crippen MR) is 44.4 cm³/mol. The Morgan fingerprint density at radius 1 is 1.33 bits per heavy atom. The number of hydrogen-bond donors (Lipinski definition) is 2. The van der Waals surface area contributed by atoms with E-state index in [1.165, 1.54) is 0 Å². The summed E-state index contributed by atoms with van der Waals surface area (Å²) in [5.41, 5.74) is 5.69. The number of ketones is 1. The van der Waals surface area contributed by atoms with Crippen LogP contribution in [0, 0.1) is 11.8 Å². The number of nitrogens with two attached hydrogens (primary N) is 1. The maximum absolute atomic E-state index is 11.3. The molecule has 2 aliphatic carbocycles. The molecule has 0 aromatic carbocycles. The molecule has 4 unspecified atom stereocenters. The first kappa shape index (κ1) is 8.20. The molecule has 2 rings (SSSR count). The van der Waals surface area contributed by atoms with Gasteiger partial charge in [0.25, 0.3) is 0 Å². The minimum Gasteiger partial charge on any atom is -0.391 e. The quantitative estimate of drug-likeness (QED) is 0.539. The molecule has 0 amide bonds. The van der Waals surface area contributed by atoms with Crippen LogP contribution < -0.4 is 5.73 Å². The topological polar surface area (TPSA) is 63.3 Å². The van der Waals surface area contributed by atoms with Gasteiger partial charge >= 0.3 is 0 Å². The summed E-state index contributed by atoms with van der Waals surface area (Å²) in [4.78, 5) is 11.3. The third-order valence-electron chi connectivity index (χ3n) is 3.32. The summed E-state index contributed by atoms with van der Waals surface area (Å²) in [5.74, 6) is 0.517. The van der Waals surface area contributed by atoms with Crippen LogP contribution in [0.3, 0.4) is 0 Å². The Kier molecular flexibility index (Phi) is 1.93. The highest BCUT2D eigenvalue weighted by Gasteiger charge is 2.44. The van der Waals surface area contributed by atoms with Crippen molar-refractivity contribution in [2.75, 3.05) is 0 Å². The van der Waals surface area contributed by atoms with Crippen molar-refractivity contribution in [2.24, 2.45) is 17.6 Å². The first-order chi connectivity index (χ1) is 5.70. The highest BCUT2D eigenvalue weighted by atomic mass is 16.3. The molecule has 68 valence electrons. The van der Waals surface area contributed by atoms with Crippen molar-refractivity contribution in [2.45, 2.75) is 37.8 Å². The molecule has 4 atom stereocenters. The lowest BCUT2D eigenvalue weighted by Crippen LogP contribution is -2.47. The molecular formula is C9H15NO2. The number of rotatable bonds is 0. The van der Waals surface area contributed by atoms with Gasteiger partial charge in [-0.3, -0.25) is 4.79 Å². The fraction of sp³-hybridized carbons (Fsp3) is 0.889. The average Bonchev–Trinajstić information content (AvgIpc) is 2.41. The van der Waals surface area contributed by atoms with Crippen LogP contribution >= 0.6 is 0 Å². The van der Waals surface area contributed by atoms with E-state index in [2.05, 4.69) is 0 Å². The Bertz CT molecular complexity index is 205. The van der Waals surface area contributed by atoms with Crippen molar-refractivity contribution in [1.29, 1.82) is 0 Å². The van der Waals surface area contributed by atoms with Gasteiger partial charge in [0.05, 0.1) is 6.10 Å². The van der Waals surface area contributed by atoms with E-state index in [1.54, 1.807) is 0 Å². The van der Waals surface area contributed by atoms with Gasteiger partial charge < -0.3 is 10.8 Å². The van der Waals surface area contributed by atoms with Crippen LogP contribution in [-0.4, -0.2) is 23.0 Å². The largest absolute Gasteiger partial charge is 0.391 e. The van der Waals surface area contributed by atoms with E-state index >= 15 is 0 Å². The van der Waals surface area contributed by atoms with Crippen LogP contribution in [0.15, 0.2) is 0 Å². The molecule has 3 N–H and O–H groups in total. The van der Waals surface area contributed by atoms with Crippen molar-refractivity contribution < 1.29 is 9.90 Å². The van der Waals surface area contributed by atoms with Gasteiger partial charge in [0.1, 0.15) is 5.78 Å². The number of aliphatic hydroxyl groups excluding tert-OH is 1. The maximum Gasteiger partial charge on any atom is 0.138 e. The fourth-order valence-corrected chi connectivity index (χ4v) is 2.57. The highest BCUT2D eigenvalue weighted by Crippen LogP contribution is 2.39. The summed E-state index contributed by atoms with van der Waals surface area (Å²) in [7, 11) is 0. The summed E-state index contributed by atoms with van der Waals surface area (Å²) < 4.78 is 0. The average molecular weight is 169 g/mol. The smallest absolute Gasteiger partial charge is 0.138 e. The first-order valence-electron chi connectivity index (χ1n) is 4.66. The first-order valence-corrected chi connectivity index (χ1v) is 4.66. The molecule has 12 heavy (non-hydrogen) atoms. The Hall–Kier alpha value is -0.410. The molecular weight excluding hydrogens is 154 g/mol. The summed E-state index contributed by atoms with van der Waals surface area (Å²) >= 11 is 0. The van der Waals surface area contributed by atoms with Crippen LogP contribution in [-0.2, 0) is 4.79 Å². The van der Waals surface area contributed by atoms with E-state index in [-0.39, 0.29) is 17.7 Å². The number of Topliss-reactive ketones (excluding diaryl/α,β-unsaturated/α-hetero) is 1. The molecule has 0 saturated heterocycles. The van der Waals surface area contributed by atoms with E-state index in [1.807, 2.05) is 0 Å². The van der Waals surface area contributed by atoms with Crippen molar-refractivity contribution in [3.05, 3.63) is 0 Å². The number of carbonyl (C=O) groups excluding carboxylic acids is 1. The molecule has 0 aromatic heterocycles. The molecule has 2 fully saturated rings. The van der Waals surface area contributed by atoms with E-state index in [0.717, 1.165) is 19.3 Å². The number of carbonyl (C=O) groups is 1. The Morgan fingerprint density at radius 3 is 2.83 bits per heavy atom. The predicted octanol–water partition coefficient (Wildman–Crippen LogP) is 0.0637. The van der Waals surface area contributed by atoms with Gasteiger partial charge in [0.15, 0.2) is 0 Å². The number of aliphatic hydroxyl groups is 1. The van der Waals surface area contributed by atoms with Crippen LogP contribution in [0.1, 0.15) is 25.7 Å². The van der Waals surface area contributed by atoms with E-state index in [4.69, 9.17) is 5.73 Å². The summed E-state index contributed by atoms with van der Waals surface area (Å²) in [6.07, 6.45) is 2.94. The molecule has 0 aliphatic heterocycles. The van der Waals surface area contributed by atoms with E-state index < -0.39 is 6.10 Å². The van der Waals surface area contributed by atoms with Crippen molar-refractivity contribution in [3.8, 4) is 0 Å². The van der Waals surface area contributed by atoms with Crippen LogP contribution in [0.5, 0.6) is 0 Å². The van der Waals surface area contributed by atoms with Gasteiger partial charge in [-0.25, -0.2) is 0 Å². The monoisotopic (exact) mass is 169 g/mol.